The predicted octanol–water partition coefficient (Wildman–Crippen LogP) is -0.171. The normalized spacial score (nSPS) is 28.0. The molecule has 1 aromatic heterocycles. The zero-order valence-electron chi connectivity index (χ0n) is 12.4. The topological polar surface area (TPSA) is 120 Å². The second-order valence-electron chi connectivity index (χ2n) is 5.96. The van der Waals surface area contributed by atoms with Crippen molar-refractivity contribution in [2.24, 2.45) is 0 Å². The zero-order chi connectivity index (χ0) is 16.9. The Hall–Kier alpha value is -2.29. The number of aliphatic carboxylic acids is 1. The van der Waals surface area contributed by atoms with Crippen LogP contribution in [0.3, 0.4) is 0 Å². The average molecular weight is 337 g/mol. The molecule has 2 saturated heterocycles. The molecule has 8 nitrogen and oxygen atoms in total. The van der Waals surface area contributed by atoms with E-state index in [4.69, 9.17) is 0 Å². The van der Waals surface area contributed by atoms with Crippen LogP contribution in [0.25, 0.3) is 0 Å². The van der Waals surface area contributed by atoms with Gasteiger partial charge >= 0.3 is 5.97 Å². The number of rotatable bonds is 4. The van der Waals surface area contributed by atoms with Crippen LogP contribution in [0.2, 0.25) is 0 Å². The van der Waals surface area contributed by atoms with Crippen LogP contribution in [0, 0.1) is 0 Å². The van der Waals surface area contributed by atoms with Gasteiger partial charge in [0.05, 0.1) is 5.69 Å². The lowest BCUT2D eigenvalue weighted by Gasteiger charge is -2.43. The van der Waals surface area contributed by atoms with Crippen molar-refractivity contribution in [1.82, 2.24) is 15.2 Å². The van der Waals surface area contributed by atoms with E-state index in [1.165, 1.54) is 28.9 Å². The van der Waals surface area contributed by atoms with Crippen molar-refractivity contribution in [2.75, 3.05) is 0 Å². The van der Waals surface area contributed by atoms with Gasteiger partial charge in [-0.05, 0) is 26.0 Å². The number of carboxylic acid groups (broad SMARTS) is 1. The third-order valence-corrected chi connectivity index (χ3v) is 5.58. The number of carbonyl (C=O) groups excluding carboxylic acids is 3. The lowest BCUT2D eigenvalue weighted by Crippen LogP contribution is -2.71. The molecule has 3 rings (SSSR count). The van der Waals surface area contributed by atoms with Crippen LogP contribution in [-0.2, 0) is 14.4 Å². The van der Waals surface area contributed by atoms with E-state index in [1.54, 1.807) is 19.9 Å². The summed E-state index contributed by atoms with van der Waals surface area (Å²) in [5.41, 5.74) is 0.133. The first-order valence-corrected chi connectivity index (χ1v) is 7.83. The van der Waals surface area contributed by atoms with Gasteiger partial charge in [-0.25, -0.2) is 4.79 Å². The Labute approximate surface area is 135 Å². The molecule has 0 bridgehead atoms. The predicted molar refractivity (Wildman–Crippen MR) is 80.8 cm³/mol. The van der Waals surface area contributed by atoms with Crippen LogP contribution >= 0.6 is 11.8 Å². The van der Waals surface area contributed by atoms with Crippen molar-refractivity contribution >= 4 is 35.3 Å². The van der Waals surface area contributed by atoms with Gasteiger partial charge in [0.25, 0.3) is 11.7 Å². The van der Waals surface area contributed by atoms with E-state index in [9.17, 15) is 24.3 Å². The molecule has 0 spiro atoms. The largest absolute Gasteiger partial charge is 0.480 e. The van der Waals surface area contributed by atoms with Crippen molar-refractivity contribution in [2.45, 2.75) is 36.1 Å². The summed E-state index contributed by atoms with van der Waals surface area (Å²) in [7, 11) is 0. The number of fused-ring (bicyclic) bond motifs is 1. The van der Waals surface area contributed by atoms with E-state index in [1.807, 2.05) is 0 Å². The number of β-lactam (4-membered cyclic amide) rings is 1. The Morgan fingerprint density at radius 1 is 1.39 bits per heavy atom. The number of thioether (sulfide) groups is 1. The monoisotopic (exact) mass is 337 g/mol. The summed E-state index contributed by atoms with van der Waals surface area (Å²) in [5, 5.41) is 11.3. The molecule has 2 amide bonds. The van der Waals surface area contributed by atoms with Gasteiger partial charge < -0.3 is 20.3 Å². The summed E-state index contributed by atoms with van der Waals surface area (Å²) >= 11 is 1.31. The van der Waals surface area contributed by atoms with Crippen LogP contribution in [0.5, 0.6) is 0 Å². The van der Waals surface area contributed by atoms with Crippen molar-refractivity contribution in [3.05, 3.63) is 24.0 Å². The molecular weight excluding hydrogens is 322 g/mol. The first kappa shape index (κ1) is 15.6. The number of carboxylic acids is 1. The van der Waals surface area contributed by atoms with E-state index in [0.29, 0.717) is 0 Å². The lowest BCUT2D eigenvalue weighted by molar-refractivity contribution is -0.160. The Morgan fingerprint density at radius 2 is 2.09 bits per heavy atom. The molecule has 0 aliphatic carbocycles. The number of aromatic amines is 1. The fourth-order valence-corrected chi connectivity index (χ4v) is 4.57. The van der Waals surface area contributed by atoms with Crippen molar-refractivity contribution in [3.63, 3.8) is 0 Å². The molecule has 0 saturated carbocycles. The van der Waals surface area contributed by atoms with Crippen LogP contribution in [0.1, 0.15) is 24.3 Å². The van der Waals surface area contributed by atoms with Crippen LogP contribution < -0.4 is 5.32 Å². The van der Waals surface area contributed by atoms with Gasteiger partial charge in [0.2, 0.25) is 5.91 Å². The number of aromatic nitrogens is 1. The quantitative estimate of drug-likeness (QED) is 0.399. The first-order valence-electron chi connectivity index (χ1n) is 6.95. The number of amides is 2. The van der Waals surface area contributed by atoms with Gasteiger partial charge in [0.1, 0.15) is 17.5 Å². The smallest absolute Gasteiger partial charge is 0.327 e. The first-order chi connectivity index (χ1) is 10.7. The number of nitrogens with one attached hydrogen (secondary N) is 2. The average Bonchev–Trinajstić information content (AvgIpc) is 3.08. The number of ketones is 1. The molecule has 122 valence electrons. The maximum atomic E-state index is 12.2. The minimum absolute atomic E-state index is 0.133. The summed E-state index contributed by atoms with van der Waals surface area (Å²) in [6, 6.07) is 1.22. The molecule has 3 N–H and O–H groups in total. The van der Waals surface area contributed by atoms with Gasteiger partial charge in [-0.15, -0.1) is 11.8 Å². The molecule has 2 fully saturated rings. The van der Waals surface area contributed by atoms with Crippen LogP contribution in [0.4, 0.5) is 0 Å². The standard InChI is InChI=1S/C14H15N3O5S/c1-14(2)9(13(21)22)17-11(20)7(12(17)23-14)16-10(19)8(18)6-4-3-5-15-6/h3-5,7,9,12,15H,1-2H3,(H,16,19)(H,21,22)/t7-,9?,12?/m1/s1. The molecule has 3 heterocycles. The molecule has 23 heavy (non-hydrogen) atoms. The van der Waals surface area contributed by atoms with Crippen molar-refractivity contribution in [3.8, 4) is 0 Å². The minimum atomic E-state index is -1.08. The van der Waals surface area contributed by atoms with Gasteiger partial charge in [0, 0.05) is 10.9 Å². The summed E-state index contributed by atoms with van der Waals surface area (Å²) in [6.45, 7) is 3.48. The fourth-order valence-electron chi connectivity index (χ4n) is 2.95. The molecular formula is C14H15N3O5S. The lowest BCUT2D eigenvalue weighted by atomic mass is 9.96. The number of H-pyrrole nitrogens is 1. The van der Waals surface area contributed by atoms with E-state index in [0.717, 1.165) is 0 Å². The fraction of sp³-hybridized carbons (Fsp3) is 0.429. The highest BCUT2D eigenvalue weighted by Crippen LogP contribution is 2.50. The highest BCUT2D eigenvalue weighted by atomic mass is 32.2. The van der Waals surface area contributed by atoms with Crippen LogP contribution in [0.15, 0.2) is 18.3 Å². The molecule has 2 aliphatic heterocycles. The summed E-state index contributed by atoms with van der Waals surface area (Å²) < 4.78 is -0.672. The van der Waals surface area contributed by atoms with Crippen molar-refractivity contribution in [1.29, 1.82) is 0 Å². The Kier molecular flexibility index (Phi) is 3.47. The molecule has 9 heteroatoms. The summed E-state index contributed by atoms with van der Waals surface area (Å²) in [6.07, 6.45) is 1.52. The third kappa shape index (κ3) is 2.31. The third-order valence-electron chi connectivity index (χ3n) is 4.01. The Morgan fingerprint density at radius 3 is 2.65 bits per heavy atom. The van der Waals surface area contributed by atoms with Gasteiger partial charge in [-0.3, -0.25) is 14.4 Å². The Balaban J connectivity index is 1.72. The van der Waals surface area contributed by atoms with Gasteiger partial charge in [0.15, 0.2) is 0 Å². The molecule has 0 aromatic carbocycles. The number of hydrogen-bond donors (Lipinski definition) is 3. The summed E-state index contributed by atoms with van der Waals surface area (Å²) in [4.78, 5) is 51.4. The molecule has 2 aliphatic rings. The van der Waals surface area contributed by atoms with Crippen molar-refractivity contribution < 1.29 is 24.3 Å². The van der Waals surface area contributed by atoms with E-state index < -0.39 is 45.8 Å². The summed E-state index contributed by atoms with van der Waals surface area (Å²) in [5.74, 6) is -3.21. The maximum absolute atomic E-state index is 12.2. The van der Waals surface area contributed by atoms with Gasteiger partial charge in [-0.2, -0.15) is 0 Å². The number of hydrogen-bond acceptors (Lipinski definition) is 5. The molecule has 2 unspecified atom stereocenters. The van der Waals surface area contributed by atoms with E-state index >= 15 is 0 Å². The highest BCUT2D eigenvalue weighted by molar-refractivity contribution is 8.01. The minimum Gasteiger partial charge on any atom is -0.480 e. The zero-order valence-corrected chi connectivity index (χ0v) is 13.2. The highest BCUT2D eigenvalue weighted by Gasteiger charge is 2.64. The Bertz CT molecular complexity index is 699. The molecule has 3 atom stereocenters. The maximum Gasteiger partial charge on any atom is 0.327 e. The molecule has 1 aromatic rings. The second-order valence-corrected chi connectivity index (χ2v) is 7.73. The van der Waals surface area contributed by atoms with Gasteiger partial charge in [-0.1, -0.05) is 0 Å². The number of carbonyl (C=O) groups is 4. The van der Waals surface area contributed by atoms with E-state index in [-0.39, 0.29) is 5.69 Å². The molecule has 0 radical (unpaired) electrons. The van der Waals surface area contributed by atoms with E-state index in [2.05, 4.69) is 10.3 Å². The SMILES string of the molecule is CC1(C)SC2[C@H](NC(=O)C(=O)c3ccc[nH]3)C(=O)N2C1C(=O)O. The van der Waals surface area contributed by atoms with Crippen LogP contribution in [-0.4, -0.2) is 60.8 Å². The second kappa shape index (κ2) is 5.12. The number of nitrogens with zero attached hydrogens (tertiary/aromatic N) is 1. The number of Topliss-reactive ketones (excluding diaryl/α,β-unsaturated/α-hetero) is 1.